The molecule has 0 radical (unpaired) electrons. The van der Waals surface area contributed by atoms with Gasteiger partial charge in [0.25, 0.3) is 0 Å². The molecule has 0 atom stereocenters. The van der Waals surface area contributed by atoms with Crippen LogP contribution in [0.1, 0.15) is 11.1 Å². The first-order valence-electron chi connectivity index (χ1n) is 4.48. The maximum atomic E-state index is 8.98. The zero-order chi connectivity index (χ0) is 10.7. The van der Waals surface area contributed by atoms with E-state index in [2.05, 4.69) is 16.0 Å². The molecule has 74 valence electrons. The van der Waals surface area contributed by atoms with Gasteiger partial charge in [-0.1, -0.05) is 23.9 Å². The van der Waals surface area contributed by atoms with Crippen LogP contribution in [0.5, 0.6) is 0 Å². The van der Waals surface area contributed by atoms with Gasteiger partial charge in [-0.05, 0) is 18.6 Å². The standard InChI is InChI=1S/C11H9N3S/c1-8-3-2-4-9(7-12)10(8)15-11-13-5-6-14-11/h2-6H,1H3,(H,13,14). The Hall–Kier alpha value is -1.73. The van der Waals surface area contributed by atoms with E-state index in [9.17, 15) is 0 Å². The molecule has 0 spiro atoms. The number of aromatic nitrogens is 2. The van der Waals surface area contributed by atoms with Gasteiger partial charge in [-0.2, -0.15) is 5.26 Å². The average molecular weight is 215 g/mol. The van der Waals surface area contributed by atoms with Crippen LogP contribution in [0.15, 0.2) is 40.6 Å². The average Bonchev–Trinajstić information content (AvgIpc) is 2.74. The summed E-state index contributed by atoms with van der Waals surface area (Å²) in [5, 5.41) is 9.78. The summed E-state index contributed by atoms with van der Waals surface area (Å²) in [6.07, 6.45) is 3.47. The molecule has 0 fully saturated rings. The van der Waals surface area contributed by atoms with Crippen LogP contribution < -0.4 is 0 Å². The molecular weight excluding hydrogens is 206 g/mol. The number of benzene rings is 1. The van der Waals surface area contributed by atoms with Crippen molar-refractivity contribution < 1.29 is 0 Å². The maximum absolute atomic E-state index is 8.98. The molecule has 3 nitrogen and oxygen atoms in total. The summed E-state index contributed by atoms with van der Waals surface area (Å²) < 4.78 is 0. The highest BCUT2D eigenvalue weighted by Crippen LogP contribution is 2.30. The second kappa shape index (κ2) is 4.20. The smallest absolute Gasteiger partial charge is 0.170 e. The predicted octanol–water partition coefficient (Wildman–Crippen LogP) is 2.74. The van der Waals surface area contributed by atoms with E-state index in [4.69, 9.17) is 5.26 Å². The number of aromatic amines is 1. The zero-order valence-electron chi connectivity index (χ0n) is 8.19. The van der Waals surface area contributed by atoms with Crippen molar-refractivity contribution in [3.05, 3.63) is 41.7 Å². The van der Waals surface area contributed by atoms with Gasteiger partial charge in [0.1, 0.15) is 6.07 Å². The minimum absolute atomic E-state index is 0.691. The Morgan fingerprint density at radius 2 is 2.33 bits per heavy atom. The number of hydrogen-bond acceptors (Lipinski definition) is 3. The summed E-state index contributed by atoms with van der Waals surface area (Å²) in [5.74, 6) is 0. The molecular formula is C11H9N3S. The monoisotopic (exact) mass is 215 g/mol. The molecule has 4 heteroatoms. The first kappa shape index (κ1) is 9.81. The first-order valence-corrected chi connectivity index (χ1v) is 5.30. The Morgan fingerprint density at radius 3 is 3.00 bits per heavy atom. The van der Waals surface area contributed by atoms with Gasteiger partial charge in [0, 0.05) is 17.3 Å². The molecule has 0 saturated heterocycles. The van der Waals surface area contributed by atoms with Gasteiger partial charge in [-0.25, -0.2) is 4.98 Å². The van der Waals surface area contributed by atoms with Crippen LogP contribution >= 0.6 is 11.8 Å². The van der Waals surface area contributed by atoms with E-state index in [0.717, 1.165) is 15.6 Å². The summed E-state index contributed by atoms with van der Waals surface area (Å²) in [6.45, 7) is 1.99. The molecule has 0 saturated carbocycles. The first-order chi connectivity index (χ1) is 7.31. The molecule has 2 aromatic rings. The highest BCUT2D eigenvalue weighted by molar-refractivity contribution is 7.99. The number of H-pyrrole nitrogens is 1. The van der Waals surface area contributed by atoms with Gasteiger partial charge in [-0.3, -0.25) is 0 Å². The van der Waals surface area contributed by atoms with Crippen LogP contribution in [0.4, 0.5) is 0 Å². The minimum Gasteiger partial charge on any atom is -0.339 e. The Morgan fingerprint density at radius 1 is 1.47 bits per heavy atom. The third kappa shape index (κ3) is 2.03. The van der Waals surface area contributed by atoms with E-state index in [-0.39, 0.29) is 0 Å². The molecule has 0 unspecified atom stereocenters. The van der Waals surface area contributed by atoms with Crippen molar-refractivity contribution in [3.63, 3.8) is 0 Å². The van der Waals surface area contributed by atoms with Crippen molar-refractivity contribution in [3.8, 4) is 6.07 Å². The van der Waals surface area contributed by atoms with E-state index in [1.165, 1.54) is 11.8 Å². The van der Waals surface area contributed by atoms with Crippen molar-refractivity contribution in [2.75, 3.05) is 0 Å². The summed E-state index contributed by atoms with van der Waals surface area (Å²) >= 11 is 1.48. The molecule has 1 aromatic carbocycles. The second-order valence-corrected chi connectivity index (χ2v) is 4.06. The molecule has 1 aromatic heterocycles. The van der Waals surface area contributed by atoms with Gasteiger partial charge in [0.05, 0.1) is 5.56 Å². The number of hydrogen-bond donors (Lipinski definition) is 1. The molecule has 0 aliphatic rings. The highest BCUT2D eigenvalue weighted by Gasteiger charge is 2.07. The van der Waals surface area contributed by atoms with E-state index >= 15 is 0 Å². The largest absolute Gasteiger partial charge is 0.339 e. The lowest BCUT2D eigenvalue weighted by molar-refractivity contribution is 1.05. The van der Waals surface area contributed by atoms with E-state index < -0.39 is 0 Å². The van der Waals surface area contributed by atoms with Crippen LogP contribution in [0.2, 0.25) is 0 Å². The second-order valence-electron chi connectivity index (χ2n) is 3.06. The summed E-state index contributed by atoms with van der Waals surface area (Å²) in [6, 6.07) is 7.89. The lowest BCUT2D eigenvalue weighted by Gasteiger charge is -2.04. The van der Waals surface area contributed by atoms with Gasteiger partial charge >= 0.3 is 0 Å². The fraction of sp³-hybridized carbons (Fsp3) is 0.0909. The normalized spacial score (nSPS) is 9.87. The van der Waals surface area contributed by atoms with Crippen LogP contribution in [-0.2, 0) is 0 Å². The van der Waals surface area contributed by atoms with Crippen molar-refractivity contribution in [1.29, 1.82) is 5.26 Å². The van der Waals surface area contributed by atoms with Crippen molar-refractivity contribution >= 4 is 11.8 Å². The van der Waals surface area contributed by atoms with Gasteiger partial charge in [0.15, 0.2) is 5.16 Å². The Kier molecular flexibility index (Phi) is 2.75. The molecule has 0 amide bonds. The van der Waals surface area contributed by atoms with Crippen LogP contribution in [0.25, 0.3) is 0 Å². The minimum atomic E-state index is 0.691. The van der Waals surface area contributed by atoms with Crippen molar-refractivity contribution in [2.45, 2.75) is 17.0 Å². The molecule has 2 rings (SSSR count). The van der Waals surface area contributed by atoms with E-state index in [1.54, 1.807) is 12.4 Å². The highest BCUT2D eigenvalue weighted by atomic mass is 32.2. The van der Waals surface area contributed by atoms with Crippen molar-refractivity contribution in [1.82, 2.24) is 9.97 Å². The van der Waals surface area contributed by atoms with Crippen LogP contribution in [0.3, 0.4) is 0 Å². The SMILES string of the molecule is Cc1cccc(C#N)c1Sc1ncc[nH]1. The molecule has 1 N–H and O–H groups in total. The number of nitrogens with one attached hydrogen (secondary N) is 1. The number of aryl methyl sites for hydroxylation is 1. The third-order valence-corrected chi connectivity index (χ3v) is 3.17. The Labute approximate surface area is 92.2 Å². The molecule has 1 heterocycles. The number of nitrogens with zero attached hydrogens (tertiary/aromatic N) is 2. The maximum Gasteiger partial charge on any atom is 0.170 e. The fourth-order valence-electron chi connectivity index (χ4n) is 1.28. The summed E-state index contributed by atoms with van der Waals surface area (Å²) in [7, 11) is 0. The lowest BCUT2D eigenvalue weighted by Crippen LogP contribution is -1.86. The summed E-state index contributed by atoms with van der Waals surface area (Å²) in [4.78, 5) is 8.10. The Bertz CT molecular complexity index is 497. The zero-order valence-corrected chi connectivity index (χ0v) is 9.01. The fourth-order valence-corrected chi connectivity index (χ4v) is 2.17. The number of rotatable bonds is 2. The van der Waals surface area contributed by atoms with E-state index in [1.807, 2.05) is 25.1 Å². The van der Waals surface area contributed by atoms with E-state index in [0.29, 0.717) is 5.56 Å². The molecule has 15 heavy (non-hydrogen) atoms. The van der Waals surface area contributed by atoms with Crippen LogP contribution in [-0.4, -0.2) is 9.97 Å². The summed E-state index contributed by atoms with van der Waals surface area (Å²) in [5.41, 5.74) is 1.78. The lowest BCUT2D eigenvalue weighted by atomic mass is 10.1. The topological polar surface area (TPSA) is 52.5 Å². The number of imidazole rings is 1. The Balaban J connectivity index is 2.40. The molecule has 0 bridgehead atoms. The third-order valence-electron chi connectivity index (χ3n) is 2.00. The van der Waals surface area contributed by atoms with Crippen LogP contribution in [0, 0.1) is 18.3 Å². The van der Waals surface area contributed by atoms with Crippen molar-refractivity contribution in [2.24, 2.45) is 0 Å². The molecule has 0 aliphatic carbocycles. The predicted molar refractivity (Wildman–Crippen MR) is 58.6 cm³/mol. The van der Waals surface area contributed by atoms with Gasteiger partial charge < -0.3 is 4.98 Å². The van der Waals surface area contributed by atoms with Gasteiger partial charge in [-0.15, -0.1) is 0 Å². The number of nitriles is 1. The van der Waals surface area contributed by atoms with Gasteiger partial charge in [0.2, 0.25) is 0 Å². The molecule has 0 aliphatic heterocycles. The quantitative estimate of drug-likeness (QED) is 0.838.